The lowest BCUT2D eigenvalue weighted by Gasteiger charge is -2.24. The first-order valence-electron chi connectivity index (χ1n) is 10.2. The predicted octanol–water partition coefficient (Wildman–Crippen LogP) is 2.34. The van der Waals surface area contributed by atoms with Crippen molar-refractivity contribution < 1.29 is 9.59 Å². The first-order valence-corrected chi connectivity index (χ1v) is 10.2. The SMILES string of the molecule is [B]C1C[C@@H](C(=O)NCc2ccc(CN)cc2)N(C(=O)CCCc2ccccc2)C1. The minimum atomic E-state index is -0.488. The van der Waals surface area contributed by atoms with E-state index in [0.717, 1.165) is 24.0 Å². The van der Waals surface area contributed by atoms with Crippen LogP contribution in [-0.2, 0) is 29.1 Å². The highest BCUT2D eigenvalue weighted by atomic mass is 16.2. The maximum atomic E-state index is 12.7. The van der Waals surface area contributed by atoms with Crippen LogP contribution in [0.5, 0.6) is 0 Å². The van der Waals surface area contributed by atoms with Crippen molar-refractivity contribution in [3.05, 3.63) is 71.3 Å². The monoisotopic (exact) mass is 389 g/mol. The molecule has 1 aliphatic rings. The number of amides is 2. The van der Waals surface area contributed by atoms with Crippen molar-refractivity contribution in [2.24, 2.45) is 5.73 Å². The van der Waals surface area contributed by atoms with Crippen LogP contribution in [0.25, 0.3) is 0 Å². The lowest BCUT2D eigenvalue weighted by Crippen LogP contribution is -2.45. The number of carbonyl (C=O) groups is 2. The standard InChI is InChI=1S/C23H28BN3O2/c24-20-13-21(23(29)26-15-19-11-9-18(14-25)10-12-19)27(16-20)22(28)8-4-7-17-5-2-1-3-6-17/h1-3,5-6,9-12,20-21H,4,7-8,13-16,25H2,(H,26,29)/t20?,21-/m0/s1. The minimum absolute atomic E-state index is 0.00123. The van der Waals surface area contributed by atoms with E-state index in [9.17, 15) is 9.59 Å². The van der Waals surface area contributed by atoms with E-state index in [1.165, 1.54) is 5.56 Å². The molecule has 1 heterocycles. The van der Waals surface area contributed by atoms with Gasteiger partial charge >= 0.3 is 0 Å². The summed E-state index contributed by atoms with van der Waals surface area (Å²) in [6, 6.07) is 17.4. The van der Waals surface area contributed by atoms with Crippen LogP contribution in [0.3, 0.4) is 0 Å². The number of carbonyl (C=O) groups excluding carboxylic acids is 2. The summed E-state index contributed by atoms with van der Waals surface area (Å²) in [6.45, 7) is 1.35. The van der Waals surface area contributed by atoms with Crippen LogP contribution in [0.4, 0.5) is 0 Å². The number of benzene rings is 2. The molecule has 3 rings (SSSR count). The summed E-state index contributed by atoms with van der Waals surface area (Å²) in [5.74, 6) is -0.300. The average Bonchev–Trinajstić information content (AvgIpc) is 3.15. The summed E-state index contributed by atoms with van der Waals surface area (Å²) in [7, 11) is 6.06. The van der Waals surface area contributed by atoms with E-state index in [1.54, 1.807) is 4.90 Å². The van der Waals surface area contributed by atoms with Gasteiger partial charge in [0.2, 0.25) is 11.8 Å². The van der Waals surface area contributed by atoms with Crippen LogP contribution >= 0.6 is 0 Å². The van der Waals surface area contributed by atoms with Gasteiger partial charge in [0.1, 0.15) is 6.04 Å². The second-order valence-corrected chi connectivity index (χ2v) is 7.64. The van der Waals surface area contributed by atoms with E-state index in [2.05, 4.69) is 17.4 Å². The zero-order chi connectivity index (χ0) is 20.6. The summed E-state index contributed by atoms with van der Waals surface area (Å²) in [5, 5.41) is 2.95. The molecule has 0 aliphatic carbocycles. The number of nitrogens with one attached hydrogen (secondary N) is 1. The Morgan fingerprint density at radius 3 is 2.41 bits per heavy atom. The van der Waals surface area contributed by atoms with Crippen LogP contribution in [0.1, 0.15) is 36.0 Å². The van der Waals surface area contributed by atoms with Crippen molar-refractivity contribution >= 4 is 19.7 Å². The van der Waals surface area contributed by atoms with E-state index in [0.29, 0.717) is 32.5 Å². The molecule has 2 aromatic rings. The normalized spacial score (nSPS) is 18.6. The van der Waals surface area contributed by atoms with E-state index in [4.69, 9.17) is 13.6 Å². The third kappa shape index (κ3) is 5.94. The third-order valence-electron chi connectivity index (χ3n) is 5.38. The van der Waals surface area contributed by atoms with E-state index < -0.39 is 6.04 Å². The van der Waals surface area contributed by atoms with Crippen molar-refractivity contribution in [3.63, 3.8) is 0 Å². The second-order valence-electron chi connectivity index (χ2n) is 7.64. The summed E-state index contributed by atoms with van der Waals surface area (Å²) in [6.07, 6.45) is 2.53. The highest BCUT2D eigenvalue weighted by Gasteiger charge is 2.36. The molecule has 1 saturated heterocycles. The van der Waals surface area contributed by atoms with E-state index >= 15 is 0 Å². The molecular formula is C23H28BN3O2. The predicted molar refractivity (Wildman–Crippen MR) is 115 cm³/mol. The summed E-state index contributed by atoms with van der Waals surface area (Å²) in [5.41, 5.74) is 8.87. The van der Waals surface area contributed by atoms with Gasteiger partial charge in [-0.25, -0.2) is 0 Å². The molecule has 150 valence electrons. The van der Waals surface area contributed by atoms with Crippen LogP contribution in [0.2, 0.25) is 5.82 Å². The molecule has 1 aliphatic heterocycles. The summed E-state index contributed by atoms with van der Waals surface area (Å²) in [4.78, 5) is 27.1. The Balaban J connectivity index is 1.51. The fraction of sp³-hybridized carbons (Fsp3) is 0.391. The van der Waals surface area contributed by atoms with E-state index in [-0.39, 0.29) is 17.6 Å². The highest BCUT2D eigenvalue weighted by molar-refractivity contribution is 6.12. The van der Waals surface area contributed by atoms with Gasteiger partial charge in [0.05, 0.1) is 7.85 Å². The van der Waals surface area contributed by atoms with E-state index in [1.807, 2.05) is 42.5 Å². The molecule has 2 radical (unpaired) electrons. The fourth-order valence-electron chi connectivity index (χ4n) is 3.72. The Hall–Kier alpha value is -2.60. The molecule has 0 aromatic heterocycles. The molecule has 0 spiro atoms. The number of rotatable bonds is 8. The molecule has 1 unspecified atom stereocenters. The second kappa shape index (κ2) is 10.3. The molecule has 3 N–H and O–H groups in total. The fourth-order valence-corrected chi connectivity index (χ4v) is 3.72. The van der Waals surface area contributed by atoms with Crippen LogP contribution in [0.15, 0.2) is 54.6 Å². The topological polar surface area (TPSA) is 75.4 Å². The lowest BCUT2D eigenvalue weighted by molar-refractivity contribution is -0.138. The maximum Gasteiger partial charge on any atom is 0.243 e. The van der Waals surface area contributed by atoms with Gasteiger partial charge in [-0.1, -0.05) is 60.4 Å². The summed E-state index contributed by atoms with van der Waals surface area (Å²) >= 11 is 0. The molecule has 2 amide bonds. The van der Waals surface area contributed by atoms with Crippen LogP contribution in [-0.4, -0.2) is 37.1 Å². The van der Waals surface area contributed by atoms with Crippen LogP contribution < -0.4 is 11.1 Å². The van der Waals surface area contributed by atoms with Gasteiger partial charge < -0.3 is 16.0 Å². The number of nitrogens with two attached hydrogens (primary N) is 1. The molecule has 29 heavy (non-hydrogen) atoms. The quantitative estimate of drug-likeness (QED) is 0.681. The van der Waals surface area contributed by atoms with Gasteiger partial charge in [0, 0.05) is 26.1 Å². The number of likely N-dealkylation sites (tertiary alicyclic amines) is 1. The highest BCUT2D eigenvalue weighted by Crippen LogP contribution is 2.26. The van der Waals surface area contributed by atoms with Gasteiger partial charge in [-0.2, -0.15) is 0 Å². The molecule has 6 heteroatoms. The van der Waals surface area contributed by atoms with Gasteiger partial charge in [-0.05, 0) is 36.0 Å². The van der Waals surface area contributed by atoms with Crippen molar-refractivity contribution in [2.45, 2.75) is 50.6 Å². The third-order valence-corrected chi connectivity index (χ3v) is 5.38. The zero-order valence-electron chi connectivity index (χ0n) is 16.7. The number of hydrogen-bond donors (Lipinski definition) is 2. The smallest absolute Gasteiger partial charge is 0.243 e. The van der Waals surface area contributed by atoms with Crippen molar-refractivity contribution in [1.29, 1.82) is 0 Å². The Morgan fingerprint density at radius 1 is 1.03 bits per heavy atom. The summed E-state index contributed by atoms with van der Waals surface area (Å²) < 4.78 is 0. The minimum Gasteiger partial charge on any atom is -0.350 e. The lowest BCUT2D eigenvalue weighted by atomic mass is 9.85. The van der Waals surface area contributed by atoms with Gasteiger partial charge in [0.25, 0.3) is 0 Å². The van der Waals surface area contributed by atoms with Gasteiger partial charge in [-0.3, -0.25) is 9.59 Å². The van der Waals surface area contributed by atoms with Gasteiger partial charge in [-0.15, -0.1) is 0 Å². The Kier molecular flexibility index (Phi) is 7.47. The van der Waals surface area contributed by atoms with Crippen molar-refractivity contribution in [1.82, 2.24) is 10.2 Å². The Bertz CT molecular complexity index is 811. The Morgan fingerprint density at radius 2 is 1.72 bits per heavy atom. The molecular weight excluding hydrogens is 361 g/mol. The molecule has 2 atom stereocenters. The molecule has 5 nitrogen and oxygen atoms in total. The van der Waals surface area contributed by atoms with Crippen molar-refractivity contribution in [3.8, 4) is 0 Å². The average molecular weight is 389 g/mol. The number of nitrogens with zero attached hydrogens (tertiary/aromatic N) is 1. The Labute approximate surface area is 174 Å². The van der Waals surface area contributed by atoms with Crippen molar-refractivity contribution in [2.75, 3.05) is 6.54 Å². The molecule has 2 aromatic carbocycles. The molecule has 0 bridgehead atoms. The largest absolute Gasteiger partial charge is 0.350 e. The van der Waals surface area contributed by atoms with Gasteiger partial charge in [0.15, 0.2) is 0 Å². The molecule has 0 saturated carbocycles. The zero-order valence-corrected chi connectivity index (χ0v) is 16.7. The number of aryl methyl sites for hydroxylation is 1. The van der Waals surface area contributed by atoms with Crippen LogP contribution in [0, 0.1) is 0 Å². The number of hydrogen-bond acceptors (Lipinski definition) is 3. The first-order chi connectivity index (χ1) is 14.1. The molecule has 1 fully saturated rings. The maximum absolute atomic E-state index is 12.7. The first kappa shape index (κ1) is 21.1.